The second-order valence-corrected chi connectivity index (χ2v) is 10.8. The Labute approximate surface area is 192 Å². The summed E-state index contributed by atoms with van der Waals surface area (Å²) in [7, 11) is -3.70. The maximum Gasteiger partial charge on any atom is 0.243 e. The van der Waals surface area contributed by atoms with Gasteiger partial charge in [-0.15, -0.1) is 0 Å². The summed E-state index contributed by atoms with van der Waals surface area (Å²) < 4.78 is 27.3. The number of carbonyl (C=O) groups is 2. The van der Waals surface area contributed by atoms with Crippen molar-refractivity contribution in [2.75, 3.05) is 26.2 Å². The molecule has 2 aromatic carbocycles. The quantitative estimate of drug-likeness (QED) is 0.603. The molecule has 31 heavy (non-hydrogen) atoms. The predicted octanol–water partition coefficient (Wildman–Crippen LogP) is 4.01. The molecule has 0 N–H and O–H groups in total. The van der Waals surface area contributed by atoms with Crippen molar-refractivity contribution in [2.24, 2.45) is 0 Å². The Morgan fingerprint density at radius 2 is 1.48 bits per heavy atom. The van der Waals surface area contributed by atoms with Crippen LogP contribution in [0.1, 0.15) is 36.7 Å². The molecule has 0 aliphatic carbocycles. The summed E-state index contributed by atoms with van der Waals surface area (Å²) in [5, 5.41) is 0.801. The third-order valence-electron chi connectivity index (χ3n) is 5.60. The van der Waals surface area contributed by atoms with Crippen LogP contribution >= 0.6 is 23.2 Å². The highest BCUT2D eigenvalue weighted by atomic mass is 35.5. The SMILES string of the molecule is CC(=O)c1ccc(S(=O)(=O)N2CCN(C(=O)C(C)(C)c3ccc(Cl)c(Cl)c3)CC2)cc1. The molecule has 0 spiro atoms. The molecule has 1 saturated heterocycles. The van der Waals surface area contributed by atoms with Gasteiger partial charge in [-0.25, -0.2) is 8.42 Å². The molecule has 1 aliphatic heterocycles. The molecule has 1 heterocycles. The fourth-order valence-corrected chi connectivity index (χ4v) is 5.27. The van der Waals surface area contributed by atoms with Crippen LogP contribution < -0.4 is 0 Å². The van der Waals surface area contributed by atoms with E-state index in [0.29, 0.717) is 15.6 Å². The summed E-state index contributed by atoms with van der Waals surface area (Å²) in [5.74, 6) is -0.227. The van der Waals surface area contributed by atoms with Gasteiger partial charge in [-0.3, -0.25) is 9.59 Å². The van der Waals surface area contributed by atoms with Gasteiger partial charge in [-0.2, -0.15) is 4.31 Å². The van der Waals surface area contributed by atoms with Gasteiger partial charge < -0.3 is 4.90 Å². The number of halogens is 2. The second kappa shape index (κ2) is 8.90. The molecule has 0 aromatic heterocycles. The first-order chi connectivity index (χ1) is 14.4. The van der Waals surface area contributed by atoms with Crippen molar-refractivity contribution in [3.05, 3.63) is 63.6 Å². The smallest absolute Gasteiger partial charge is 0.243 e. The lowest BCUT2D eigenvalue weighted by Gasteiger charge is -2.38. The molecule has 0 atom stereocenters. The zero-order valence-electron chi connectivity index (χ0n) is 17.6. The van der Waals surface area contributed by atoms with E-state index in [0.717, 1.165) is 5.56 Å². The van der Waals surface area contributed by atoms with Crippen LogP contribution in [0.25, 0.3) is 0 Å². The van der Waals surface area contributed by atoms with Crippen LogP contribution in [0.3, 0.4) is 0 Å². The number of Topliss-reactive ketones (excluding diaryl/α,β-unsaturated/α-hetero) is 1. The first kappa shape index (κ1) is 23.7. The lowest BCUT2D eigenvalue weighted by molar-refractivity contribution is -0.137. The third kappa shape index (κ3) is 4.80. The van der Waals surface area contributed by atoms with Crippen molar-refractivity contribution >= 4 is 44.9 Å². The molecule has 1 amide bonds. The van der Waals surface area contributed by atoms with Crippen LogP contribution in [0.2, 0.25) is 10.0 Å². The van der Waals surface area contributed by atoms with Gasteiger partial charge in [-0.1, -0.05) is 41.4 Å². The molecule has 1 aliphatic rings. The first-order valence-corrected chi connectivity index (χ1v) is 12.0. The second-order valence-electron chi connectivity index (χ2n) is 8.03. The van der Waals surface area contributed by atoms with Crippen LogP contribution in [0.5, 0.6) is 0 Å². The van der Waals surface area contributed by atoms with E-state index < -0.39 is 15.4 Å². The number of sulfonamides is 1. The molecular formula is C22H24Cl2N2O4S. The number of rotatable bonds is 5. The monoisotopic (exact) mass is 482 g/mol. The van der Waals surface area contributed by atoms with Crippen LogP contribution in [0.15, 0.2) is 47.4 Å². The Morgan fingerprint density at radius 1 is 0.903 bits per heavy atom. The van der Waals surface area contributed by atoms with E-state index in [2.05, 4.69) is 0 Å². The van der Waals surface area contributed by atoms with Gasteiger partial charge in [0, 0.05) is 31.7 Å². The number of amides is 1. The Bertz CT molecular complexity index is 1110. The topological polar surface area (TPSA) is 74.8 Å². The molecule has 0 bridgehead atoms. The van der Waals surface area contributed by atoms with Crippen LogP contribution in [-0.4, -0.2) is 55.5 Å². The minimum atomic E-state index is -3.70. The van der Waals surface area contributed by atoms with Gasteiger partial charge in [0.25, 0.3) is 0 Å². The highest BCUT2D eigenvalue weighted by Crippen LogP contribution is 2.32. The summed E-state index contributed by atoms with van der Waals surface area (Å²) in [5.41, 5.74) is 0.365. The maximum atomic E-state index is 13.2. The first-order valence-electron chi connectivity index (χ1n) is 9.80. The summed E-state index contributed by atoms with van der Waals surface area (Å²) in [6.07, 6.45) is 0. The summed E-state index contributed by atoms with van der Waals surface area (Å²) in [4.78, 5) is 26.4. The maximum absolute atomic E-state index is 13.2. The molecule has 0 radical (unpaired) electrons. The highest BCUT2D eigenvalue weighted by molar-refractivity contribution is 7.89. The number of benzene rings is 2. The standard InChI is InChI=1S/C22H24Cl2N2O4S/c1-15(27)16-4-7-18(8-5-16)31(29,30)26-12-10-25(11-13-26)21(28)22(2,3)17-6-9-19(23)20(24)14-17/h4-9,14H,10-13H2,1-3H3. The molecule has 1 fully saturated rings. The number of hydrogen-bond donors (Lipinski definition) is 0. The minimum Gasteiger partial charge on any atom is -0.339 e. The Morgan fingerprint density at radius 3 is 2.00 bits per heavy atom. The van der Waals surface area contributed by atoms with Gasteiger partial charge >= 0.3 is 0 Å². The van der Waals surface area contributed by atoms with Crippen LogP contribution in [0.4, 0.5) is 0 Å². The van der Waals surface area contributed by atoms with Gasteiger partial charge in [0.1, 0.15) is 0 Å². The summed E-state index contributed by atoms with van der Waals surface area (Å²) in [6.45, 7) is 6.02. The molecule has 3 rings (SSSR count). The summed E-state index contributed by atoms with van der Waals surface area (Å²) >= 11 is 12.1. The molecule has 166 valence electrons. The van der Waals surface area contributed by atoms with Gasteiger partial charge in [0.2, 0.25) is 15.9 Å². The van der Waals surface area contributed by atoms with E-state index in [-0.39, 0.29) is 42.8 Å². The van der Waals surface area contributed by atoms with E-state index in [1.165, 1.54) is 35.5 Å². The minimum absolute atomic E-state index is 0.103. The normalized spacial score (nSPS) is 15.7. The average molecular weight is 483 g/mol. The lowest BCUT2D eigenvalue weighted by atomic mass is 9.83. The van der Waals surface area contributed by atoms with Crippen molar-refractivity contribution in [3.8, 4) is 0 Å². The largest absolute Gasteiger partial charge is 0.339 e. The van der Waals surface area contributed by atoms with Crippen molar-refractivity contribution < 1.29 is 18.0 Å². The Kier molecular flexibility index (Phi) is 6.81. The number of carbonyl (C=O) groups excluding carboxylic acids is 2. The van der Waals surface area contributed by atoms with E-state index >= 15 is 0 Å². The van der Waals surface area contributed by atoms with E-state index in [4.69, 9.17) is 23.2 Å². The third-order valence-corrected chi connectivity index (χ3v) is 8.25. The Balaban J connectivity index is 1.71. The number of ketones is 1. The molecule has 0 saturated carbocycles. The van der Waals surface area contributed by atoms with E-state index in [1.54, 1.807) is 23.1 Å². The van der Waals surface area contributed by atoms with E-state index in [1.807, 2.05) is 13.8 Å². The van der Waals surface area contributed by atoms with Crippen molar-refractivity contribution in [3.63, 3.8) is 0 Å². The molecular weight excluding hydrogens is 459 g/mol. The van der Waals surface area contributed by atoms with Crippen LogP contribution in [-0.2, 0) is 20.2 Å². The van der Waals surface area contributed by atoms with E-state index in [9.17, 15) is 18.0 Å². The number of nitrogens with zero attached hydrogens (tertiary/aromatic N) is 2. The summed E-state index contributed by atoms with van der Waals surface area (Å²) in [6, 6.07) is 11.0. The molecule has 0 unspecified atom stereocenters. The van der Waals surface area contributed by atoms with Crippen molar-refractivity contribution in [2.45, 2.75) is 31.1 Å². The molecule has 6 nitrogen and oxygen atoms in total. The lowest BCUT2D eigenvalue weighted by Crippen LogP contribution is -2.54. The number of hydrogen-bond acceptors (Lipinski definition) is 4. The van der Waals surface area contributed by atoms with Crippen molar-refractivity contribution in [1.82, 2.24) is 9.21 Å². The average Bonchev–Trinajstić information content (AvgIpc) is 2.75. The number of piperazine rings is 1. The molecule has 9 heteroatoms. The predicted molar refractivity (Wildman–Crippen MR) is 121 cm³/mol. The van der Waals surface area contributed by atoms with Crippen molar-refractivity contribution in [1.29, 1.82) is 0 Å². The van der Waals surface area contributed by atoms with Gasteiger partial charge in [0.05, 0.1) is 20.4 Å². The zero-order valence-corrected chi connectivity index (χ0v) is 19.9. The fraction of sp³-hybridized carbons (Fsp3) is 0.364. The molecule has 2 aromatic rings. The Hall–Kier alpha value is -1.93. The fourth-order valence-electron chi connectivity index (χ4n) is 3.55. The zero-order chi connectivity index (χ0) is 23.0. The van der Waals surface area contributed by atoms with Crippen LogP contribution in [0, 0.1) is 0 Å². The van der Waals surface area contributed by atoms with Gasteiger partial charge in [-0.05, 0) is 50.6 Å². The highest BCUT2D eigenvalue weighted by Gasteiger charge is 2.37. The van der Waals surface area contributed by atoms with Gasteiger partial charge in [0.15, 0.2) is 5.78 Å².